The number of carbonyl (C=O) groups is 2. The Labute approximate surface area is 182 Å². The number of pyridine rings is 2. The summed E-state index contributed by atoms with van der Waals surface area (Å²) in [5, 5.41) is 2.86. The van der Waals surface area contributed by atoms with E-state index in [1.165, 1.54) is 0 Å². The second-order valence-corrected chi connectivity index (χ2v) is 7.13. The van der Waals surface area contributed by atoms with E-state index in [1.54, 1.807) is 43.6 Å². The Kier molecular flexibility index (Phi) is 6.97. The number of aryl methyl sites for hydroxylation is 1. The first kappa shape index (κ1) is 22.0. The standard InChI is InChI=1S/C24H26N4O3/c1-5-23(29)28(3)21-10-8-18(12-16(21)2)20-9-7-19(15-25-20)24(30)27-14-17-6-11-22(31-4)26-13-17/h6-13,15H,5,14H2,1-4H3,(H,27,30). The van der Waals surface area contributed by atoms with Gasteiger partial charge in [0.15, 0.2) is 0 Å². The molecule has 1 aromatic carbocycles. The summed E-state index contributed by atoms with van der Waals surface area (Å²) in [6.07, 6.45) is 3.68. The number of aromatic nitrogens is 2. The number of rotatable bonds is 7. The number of hydrogen-bond donors (Lipinski definition) is 1. The van der Waals surface area contributed by atoms with Gasteiger partial charge in [-0.15, -0.1) is 0 Å². The van der Waals surface area contributed by atoms with E-state index in [9.17, 15) is 9.59 Å². The molecule has 0 radical (unpaired) electrons. The summed E-state index contributed by atoms with van der Waals surface area (Å²) in [7, 11) is 3.34. The Hall–Kier alpha value is -3.74. The van der Waals surface area contributed by atoms with Gasteiger partial charge in [-0.3, -0.25) is 14.6 Å². The van der Waals surface area contributed by atoms with Gasteiger partial charge in [0.05, 0.1) is 18.4 Å². The number of nitrogens with one attached hydrogen (secondary N) is 1. The summed E-state index contributed by atoms with van der Waals surface area (Å²) in [6.45, 7) is 4.18. The maximum Gasteiger partial charge on any atom is 0.253 e. The molecule has 2 amide bonds. The zero-order chi connectivity index (χ0) is 22.4. The molecule has 2 heterocycles. The van der Waals surface area contributed by atoms with Crippen LogP contribution in [0.25, 0.3) is 11.3 Å². The first-order chi connectivity index (χ1) is 14.9. The monoisotopic (exact) mass is 418 g/mol. The van der Waals surface area contributed by atoms with Gasteiger partial charge in [0.1, 0.15) is 0 Å². The van der Waals surface area contributed by atoms with E-state index in [-0.39, 0.29) is 11.8 Å². The molecule has 2 aromatic heterocycles. The van der Waals surface area contributed by atoms with E-state index in [4.69, 9.17) is 4.74 Å². The van der Waals surface area contributed by atoms with Gasteiger partial charge in [0, 0.05) is 49.7 Å². The van der Waals surface area contributed by atoms with E-state index in [0.29, 0.717) is 24.4 Å². The highest BCUT2D eigenvalue weighted by molar-refractivity contribution is 5.94. The quantitative estimate of drug-likeness (QED) is 0.631. The zero-order valence-electron chi connectivity index (χ0n) is 18.2. The average molecular weight is 418 g/mol. The van der Waals surface area contributed by atoms with Gasteiger partial charge in [-0.25, -0.2) is 4.98 Å². The fraction of sp³-hybridized carbons (Fsp3) is 0.250. The minimum atomic E-state index is -0.207. The number of hydrogen-bond acceptors (Lipinski definition) is 5. The van der Waals surface area contributed by atoms with Crippen LogP contribution in [0.3, 0.4) is 0 Å². The van der Waals surface area contributed by atoms with Gasteiger partial charge in [0.25, 0.3) is 5.91 Å². The van der Waals surface area contributed by atoms with Gasteiger partial charge >= 0.3 is 0 Å². The van der Waals surface area contributed by atoms with Crippen LogP contribution in [0.2, 0.25) is 0 Å². The molecule has 0 aliphatic heterocycles. The van der Waals surface area contributed by atoms with E-state index < -0.39 is 0 Å². The maximum atomic E-state index is 12.4. The van der Waals surface area contributed by atoms with Crippen molar-refractivity contribution in [1.82, 2.24) is 15.3 Å². The Balaban J connectivity index is 1.67. The van der Waals surface area contributed by atoms with Crippen molar-refractivity contribution in [2.24, 2.45) is 0 Å². The molecule has 0 bridgehead atoms. The molecule has 0 atom stereocenters. The maximum absolute atomic E-state index is 12.4. The number of benzene rings is 1. The first-order valence-corrected chi connectivity index (χ1v) is 10.0. The molecule has 0 saturated carbocycles. The van der Waals surface area contributed by atoms with Gasteiger partial charge < -0.3 is 15.0 Å². The number of ether oxygens (including phenoxy) is 1. The largest absolute Gasteiger partial charge is 0.481 e. The van der Waals surface area contributed by atoms with Crippen molar-refractivity contribution >= 4 is 17.5 Å². The van der Waals surface area contributed by atoms with E-state index in [2.05, 4.69) is 15.3 Å². The number of carbonyl (C=O) groups excluding carboxylic acids is 2. The lowest BCUT2D eigenvalue weighted by Gasteiger charge is -2.19. The lowest BCUT2D eigenvalue weighted by atomic mass is 10.0. The molecule has 7 nitrogen and oxygen atoms in total. The van der Waals surface area contributed by atoms with Crippen molar-refractivity contribution in [1.29, 1.82) is 0 Å². The third-order valence-corrected chi connectivity index (χ3v) is 5.02. The smallest absolute Gasteiger partial charge is 0.253 e. The van der Waals surface area contributed by atoms with E-state index in [0.717, 1.165) is 28.1 Å². The Morgan fingerprint density at radius 3 is 2.45 bits per heavy atom. The molecule has 3 aromatic rings. The molecule has 0 aliphatic carbocycles. The first-order valence-electron chi connectivity index (χ1n) is 10.0. The Bertz CT molecular complexity index is 1060. The second kappa shape index (κ2) is 9.84. The molecular weight excluding hydrogens is 392 g/mol. The number of methoxy groups -OCH3 is 1. The Morgan fingerprint density at radius 1 is 1.06 bits per heavy atom. The van der Waals surface area contributed by atoms with Crippen molar-refractivity contribution < 1.29 is 14.3 Å². The molecule has 0 saturated heterocycles. The van der Waals surface area contributed by atoms with Crippen molar-refractivity contribution in [2.45, 2.75) is 26.8 Å². The number of anilines is 1. The summed E-state index contributed by atoms with van der Waals surface area (Å²) in [4.78, 5) is 34.6. The lowest BCUT2D eigenvalue weighted by Crippen LogP contribution is -2.25. The van der Waals surface area contributed by atoms with Crippen molar-refractivity contribution in [3.8, 4) is 17.1 Å². The van der Waals surface area contributed by atoms with Gasteiger partial charge in [-0.2, -0.15) is 0 Å². The molecule has 0 aliphatic rings. The van der Waals surface area contributed by atoms with Crippen LogP contribution in [0.15, 0.2) is 54.9 Å². The van der Waals surface area contributed by atoms with Gasteiger partial charge in [-0.05, 0) is 42.3 Å². The highest BCUT2D eigenvalue weighted by atomic mass is 16.5. The van der Waals surface area contributed by atoms with Crippen molar-refractivity contribution in [3.05, 3.63) is 71.5 Å². The molecule has 0 unspecified atom stereocenters. The summed E-state index contributed by atoms with van der Waals surface area (Å²) in [5.74, 6) is 0.387. The molecule has 3 rings (SSSR count). The fourth-order valence-electron chi connectivity index (χ4n) is 3.18. The minimum absolute atomic E-state index is 0.0646. The number of nitrogens with zero attached hydrogens (tertiary/aromatic N) is 3. The van der Waals surface area contributed by atoms with Crippen LogP contribution >= 0.6 is 0 Å². The average Bonchev–Trinajstić information content (AvgIpc) is 2.81. The van der Waals surface area contributed by atoms with Crippen LogP contribution in [0.1, 0.15) is 34.8 Å². The lowest BCUT2D eigenvalue weighted by molar-refractivity contribution is -0.118. The van der Waals surface area contributed by atoms with E-state index >= 15 is 0 Å². The summed E-state index contributed by atoms with van der Waals surface area (Å²) in [6, 6.07) is 13.0. The highest BCUT2D eigenvalue weighted by Gasteiger charge is 2.13. The molecule has 0 fully saturated rings. The van der Waals surface area contributed by atoms with Crippen LogP contribution < -0.4 is 15.0 Å². The molecule has 0 spiro atoms. The number of amides is 2. The summed E-state index contributed by atoms with van der Waals surface area (Å²) >= 11 is 0. The van der Waals surface area contributed by atoms with E-state index in [1.807, 2.05) is 44.2 Å². The summed E-state index contributed by atoms with van der Waals surface area (Å²) < 4.78 is 5.03. The molecule has 1 N–H and O–H groups in total. The van der Waals surface area contributed by atoms with Crippen molar-refractivity contribution in [2.75, 3.05) is 19.1 Å². The topological polar surface area (TPSA) is 84.4 Å². The predicted octanol–water partition coefficient (Wildman–Crippen LogP) is 3.76. The van der Waals surface area contributed by atoms with Crippen LogP contribution in [-0.4, -0.2) is 35.9 Å². The SMILES string of the molecule is CCC(=O)N(C)c1ccc(-c2ccc(C(=O)NCc3ccc(OC)nc3)cn2)cc1C. The van der Waals surface area contributed by atoms with Gasteiger partial charge in [0.2, 0.25) is 11.8 Å². The molecule has 7 heteroatoms. The zero-order valence-corrected chi connectivity index (χ0v) is 18.2. The predicted molar refractivity (Wildman–Crippen MR) is 120 cm³/mol. The molecule has 31 heavy (non-hydrogen) atoms. The summed E-state index contributed by atoms with van der Waals surface area (Å²) in [5.41, 5.74) is 4.90. The third-order valence-electron chi connectivity index (χ3n) is 5.02. The normalized spacial score (nSPS) is 10.5. The van der Waals surface area contributed by atoms with Crippen LogP contribution in [0.4, 0.5) is 5.69 Å². The second-order valence-electron chi connectivity index (χ2n) is 7.13. The van der Waals surface area contributed by atoms with Crippen molar-refractivity contribution in [3.63, 3.8) is 0 Å². The van der Waals surface area contributed by atoms with Gasteiger partial charge in [-0.1, -0.05) is 19.1 Å². The minimum Gasteiger partial charge on any atom is -0.481 e. The third kappa shape index (κ3) is 5.25. The van der Waals surface area contributed by atoms with Crippen LogP contribution in [-0.2, 0) is 11.3 Å². The Morgan fingerprint density at radius 2 is 1.87 bits per heavy atom. The molecule has 160 valence electrons. The van der Waals surface area contributed by atoms with Crippen LogP contribution in [0.5, 0.6) is 5.88 Å². The molecular formula is C24H26N4O3. The highest BCUT2D eigenvalue weighted by Crippen LogP contribution is 2.26. The fourth-order valence-corrected chi connectivity index (χ4v) is 3.18. The van der Waals surface area contributed by atoms with Crippen LogP contribution in [0, 0.1) is 6.92 Å².